The summed E-state index contributed by atoms with van der Waals surface area (Å²) in [4.78, 5) is 6.08. The zero-order chi connectivity index (χ0) is 12.3. The van der Waals surface area contributed by atoms with Gasteiger partial charge in [0.1, 0.15) is 6.07 Å². The van der Waals surface area contributed by atoms with Crippen LogP contribution in [0, 0.1) is 18.3 Å². The van der Waals surface area contributed by atoms with Gasteiger partial charge in [-0.25, -0.2) is 0 Å². The Labute approximate surface area is 101 Å². The lowest BCUT2D eigenvalue weighted by atomic mass is 10.1. The molecule has 1 aromatic heterocycles. The molecule has 0 saturated carbocycles. The van der Waals surface area contributed by atoms with Gasteiger partial charge < -0.3 is 4.90 Å². The topological polar surface area (TPSA) is 39.9 Å². The highest BCUT2D eigenvalue weighted by atomic mass is 15.1. The maximum Gasteiger partial charge on any atom is 0.101 e. The lowest BCUT2D eigenvalue weighted by Crippen LogP contribution is -2.12. The zero-order valence-electron chi connectivity index (χ0n) is 9.88. The molecule has 0 bridgehead atoms. The van der Waals surface area contributed by atoms with E-state index in [1.807, 2.05) is 49.2 Å². The van der Waals surface area contributed by atoms with Crippen molar-refractivity contribution in [2.75, 3.05) is 11.9 Å². The molecule has 2 rings (SSSR count). The summed E-state index contributed by atoms with van der Waals surface area (Å²) in [6, 6.07) is 11.8. The second kappa shape index (κ2) is 4.67. The van der Waals surface area contributed by atoms with Crippen LogP contribution in [0.15, 0.2) is 42.7 Å². The van der Waals surface area contributed by atoms with Crippen molar-refractivity contribution in [3.63, 3.8) is 0 Å². The minimum Gasteiger partial charge on any atom is -0.342 e. The number of nitriles is 1. The molecule has 84 valence electrons. The van der Waals surface area contributed by atoms with Gasteiger partial charge in [0.05, 0.1) is 23.1 Å². The van der Waals surface area contributed by atoms with E-state index in [4.69, 9.17) is 5.26 Å². The summed E-state index contributed by atoms with van der Waals surface area (Å²) < 4.78 is 0. The summed E-state index contributed by atoms with van der Waals surface area (Å²) in [6.07, 6.45) is 3.52. The van der Waals surface area contributed by atoms with Crippen LogP contribution in [0.2, 0.25) is 0 Å². The Morgan fingerprint density at radius 2 is 2.06 bits per heavy atom. The Morgan fingerprint density at radius 3 is 2.71 bits per heavy atom. The molecule has 0 amide bonds. The van der Waals surface area contributed by atoms with E-state index >= 15 is 0 Å². The fraction of sp³-hybridized carbons (Fsp3) is 0.143. The third-order valence-electron chi connectivity index (χ3n) is 2.73. The van der Waals surface area contributed by atoms with Crippen LogP contribution in [-0.4, -0.2) is 12.0 Å². The quantitative estimate of drug-likeness (QED) is 0.785. The summed E-state index contributed by atoms with van der Waals surface area (Å²) in [5, 5.41) is 9.15. The van der Waals surface area contributed by atoms with Crippen molar-refractivity contribution in [3.05, 3.63) is 53.9 Å². The highest BCUT2D eigenvalue weighted by Gasteiger charge is 2.11. The van der Waals surface area contributed by atoms with Crippen LogP contribution in [-0.2, 0) is 0 Å². The fourth-order valence-corrected chi connectivity index (χ4v) is 1.88. The first-order chi connectivity index (χ1) is 8.24. The lowest BCUT2D eigenvalue weighted by Gasteiger charge is -2.22. The molecule has 0 aliphatic carbocycles. The molecular weight excluding hydrogens is 210 g/mol. The van der Waals surface area contributed by atoms with Gasteiger partial charge in [0.2, 0.25) is 0 Å². The SMILES string of the molecule is Cc1cccc(C#N)c1N(C)c1cccnc1. The number of anilines is 2. The molecule has 0 fully saturated rings. The predicted molar refractivity (Wildman–Crippen MR) is 68.2 cm³/mol. The molecule has 17 heavy (non-hydrogen) atoms. The van der Waals surface area contributed by atoms with E-state index in [1.54, 1.807) is 12.4 Å². The molecule has 0 radical (unpaired) electrons. The maximum absolute atomic E-state index is 9.15. The summed E-state index contributed by atoms with van der Waals surface area (Å²) in [5.41, 5.74) is 3.66. The number of benzene rings is 1. The molecule has 0 unspecified atom stereocenters. The Hall–Kier alpha value is -2.34. The fourth-order valence-electron chi connectivity index (χ4n) is 1.88. The van der Waals surface area contributed by atoms with Gasteiger partial charge in [0.25, 0.3) is 0 Å². The van der Waals surface area contributed by atoms with Gasteiger partial charge >= 0.3 is 0 Å². The highest BCUT2D eigenvalue weighted by molar-refractivity contribution is 5.71. The number of aromatic nitrogens is 1. The van der Waals surface area contributed by atoms with Gasteiger partial charge in [-0.15, -0.1) is 0 Å². The van der Waals surface area contributed by atoms with Crippen LogP contribution in [0.4, 0.5) is 11.4 Å². The Kier molecular flexibility index (Phi) is 3.06. The molecule has 0 atom stereocenters. The lowest BCUT2D eigenvalue weighted by molar-refractivity contribution is 1.15. The third-order valence-corrected chi connectivity index (χ3v) is 2.73. The van der Waals surface area contributed by atoms with Crippen LogP contribution in [0.1, 0.15) is 11.1 Å². The van der Waals surface area contributed by atoms with Crippen molar-refractivity contribution >= 4 is 11.4 Å². The molecule has 0 spiro atoms. The van der Waals surface area contributed by atoms with Crippen LogP contribution in [0.25, 0.3) is 0 Å². The van der Waals surface area contributed by atoms with Crippen molar-refractivity contribution in [2.24, 2.45) is 0 Å². The van der Waals surface area contributed by atoms with Gasteiger partial charge in [-0.2, -0.15) is 5.26 Å². The number of pyridine rings is 1. The number of nitrogens with zero attached hydrogens (tertiary/aromatic N) is 3. The second-order valence-corrected chi connectivity index (χ2v) is 3.85. The van der Waals surface area contributed by atoms with Gasteiger partial charge in [-0.05, 0) is 30.7 Å². The normalized spacial score (nSPS) is 9.71. The van der Waals surface area contributed by atoms with Crippen molar-refractivity contribution in [3.8, 4) is 6.07 Å². The minimum atomic E-state index is 0.677. The van der Waals surface area contributed by atoms with Crippen molar-refractivity contribution in [1.29, 1.82) is 5.26 Å². The first kappa shape index (κ1) is 11.2. The molecule has 3 nitrogen and oxygen atoms in total. The first-order valence-electron chi connectivity index (χ1n) is 5.37. The monoisotopic (exact) mass is 223 g/mol. The highest BCUT2D eigenvalue weighted by Crippen LogP contribution is 2.29. The summed E-state index contributed by atoms with van der Waals surface area (Å²) in [5.74, 6) is 0. The van der Waals surface area contributed by atoms with Gasteiger partial charge in [0.15, 0.2) is 0 Å². The van der Waals surface area contributed by atoms with E-state index in [1.165, 1.54) is 0 Å². The van der Waals surface area contributed by atoms with Crippen LogP contribution in [0.3, 0.4) is 0 Å². The van der Waals surface area contributed by atoms with Crippen molar-refractivity contribution in [2.45, 2.75) is 6.92 Å². The summed E-state index contributed by atoms with van der Waals surface area (Å²) in [7, 11) is 1.94. The number of hydrogen-bond donors (Lipinski definition) is 0. The second-order valence-electron chi connectivity index (χ2n) is 3.85. The summed E-state index contributed by atoms with van der Waals surface area (Å²) in [6.45, 7) is 2.00. The molecule has 0 aliphatic heterocycles. The van der Waals surface area contributed by atoms with Crippen LogP contribution in [0.5, 0.6) is 0 Å². The molecule has 3 heteroatoms. The number of rotatable bonds is 2. The molecule has 2 aromatic rings. The number of hydrogen-bond acceptors (Lipinski definition) is 3. The van der Waals surface area contributed by atoms with E-state index in [0.29, 0.717) is 5.56 Å². The minimum absolute atomic E-state index is 0.677. The van der Waals surface area contributed by atoms with Gasteiger partial charge in [-0.1, -0.05) is 12.1 Å². The molecule has 1 heterocycles. The average molecular weight is 223 g/mol. The van der Waals surface area contributed by atoms with Crippen LogP contribution < -0.4 is 4.90 Å². The molecule has 1 aromatic carbocycles. The predicted octanol–water partition coefficient (Wildman–Crippen LogP) is 3.03. The first-order valence-corrected chi connectivity index (χ1v) is 5.37. The Bertz CT molecular complexity index is 555. The molecular formula is C14H13N3. The standard InChI is InChI=1S/C14H13N3/c1-11-5-3-6-12(9-15)14(11)17(2)13-7-4-8-16-10-13/h3-8,10H,1-2H3. The maximum atomic E-state index is 9.15. The van der Waals surface area contributed by atoms with Crippen molar-refractivity contribution < 1.29 is 0 Å². The smallest absolute Gasteiger partial charge is 0.101 e. The number of para-hydroxylation sites is 1. The van der Waals surface area contributed by atoms with Crippen molar-refractivity contribution in [1.82, 2.24) is 4.98 Å². The average Bonchev–Trinajstić information content (AvgIpc) is 2.38. The van der Waals surface area contributed by atoms with E-state index in [0.717, 1.165) is 16.9 Å². The van der Waals surface area contributed by atoms with E-state index in [9.17, 15) is 0 Å². The van der Waals surface area contributed by atoms with E-state index in [2.05, 4.69) is 11.1 Å². The van der Waals surface area contributed by atoms with E-state index in [-0.39, 0.29) is 0 Å². The number of aryl methyl sites for hydroxylation is 1. The molecule has 0 N–H and O–H groups in total. The van der Waals surface area contributed by atoms with E-state index < -0.39 is 0 Å². The Morgan fingerprint density at radius 1 is 1.24 bits per heavy atom. The van der Waals surface area contributed by atoms with Crippen LogP contribution >= 0.6 is 0 Å². The van der Waals surface area contributed by atoms with Gasteiger partial charge in [0, 0.05) is 13.2 Å². The summed E-state index contributed by atoms with van der Waals surface area (Å²) >= 11 is 0. The third kappa shape index (κ3) is 2.11. The largest absolute Gasteiger partial charge is 0.342 e. The van der Waals surface area contributed by atoms with Gasteiger partial charge in [-0.3, -0.25) is 4.98 Å². The Balaban J connectivity index is 2.52. The molecule has 0 aliphatic rings. The zero-order valence-corrected chi connectivity index (χ0v) is 9.88. The molecule has 0 saturated heterocycles.